The van der Waals surface area contributed by atoms with Crippen molar-refractivity contribution in [3.8, 4) is 11.4 Å². The molecule has 0 saturated heterocycles. The first kappa shape index (κ1) is 22.5. The topological polar surface area (TPSA) is 114 Å². The van der Waals surface area contributed by atoms with Gasteiger partial charge in [-0.25, -0.2) is 4.79 Å². The molecule has 2 rings (SSSR count). The van der Waals surface area contributed by atoms with Crippen molar-refractivity contribution in [3.05, 3.63) is 35.2 Å². The van der Waals surface area contributed by atoms with E-state index in [9.17, 15) is 4.79 Å². The quantitative estimate of drug-likeness (QED) is 0.357. The Hall–Kier alpha value is -2.81. The molecule has 9 nitrogen and oxygen atoms in total. The minimum Gasteiger partial charge on any atom is -0.444 e. The van der Waals surface area contributed by atoms with E-state index in [2.05, 4.69) is 31.1 Å². The van der Waals surface area contributed by atoms with Gasteiger partial charge >= 0.3 is 6.09 Å². The highest BCUT2D eigenvalue weighted by Crippen LogP contribution is 2.19. The van der Waals surface area contributed by atoms with Crippen molar-refractivity contribution in [2.45, 2.75) is 39.3 Å². The zero-order chi connectivity index (χ0) is 21.3. The third-order valence-electron chi connectivity index (χ3n) is 3.50. The van der Waals surface area contributed by atoms with E-state index in [1.54, 1.807) is 19.2 Å². The van der Waals surface area contributed by atoms with Gasteiger partial charge in [0, 0.05) is 30.7 Å². The smallest absolute Gasteiger partial charge is 0.407 e. The summed E-state index contributed by atoms with van der Waals surface area (Å²) in [6, 6.07) is 7.25. The van der Waals surface area contributed by atoms with Crippen LogP contribution >= 0.6 is 11.6 Å². The van der Waals surface area contributed by atoms with Gasteiger partial charge < -0.3 is 25.2 Å². The number of halogens is 1. The lowest BCUT2D eigenvalue weighted by molar-refractivity contribution is 0.0527. The zero-order valence-corrected chi connectivity index (χ0v) is 17.8. The van der Waals surface area contributed by atoms with E-state index in [4.69, 9.17) is 20.9 Å². The predicted molar refractivity (Wildman–Crippen MR) is 112 cm³/mol. The Bertz CT molecular complexity index is 831. The van der Waals surface area contributed by atoms with E-state index in [1.165, 1.54) is 0 Å². The molecule has 158 valence electrons. The number of aromatic nitrogens is 2. The summed E-state index contributed by atoms with van der Waals surface area (Å²) < 4.78 is 10.4. The Morgan fingerprint density at radius 1 is 1.24 bits per heavy atom. The average molecular weight is 423 g/mol. The van der Waals surface area contributed by atoms with Gasteiger partial charge in [-0.3, -0.25) is 4.99 Å². The van der Waals surface area contributed by atoms with Crippen LogP contribution in [0.3, 0.4) is 0 Å². The maximum Gasteiger partial charge on any atom is 0.407 e. The molecule has 1 heterocycles. The number of benzene rings is 1. The van der Waals surface area contributed by atoms with Crippen LogP contribution in [0.4, 0.5) is 4.79 Å². The molecule has 0 bridgehead atoms. The molecule has 1 amide bonds. The molecule has 0 fully saturated rings. The summed E-state index contributed by atoms with van der Waals surface area (Å²) in [5.74, 6) is 1.49. The normalized spacial score (nSPS) is 11.8. The van der Waals surface area contributed by atoms with Crippen LogP contribution in [0.25, 0.3) is 11.4 Å². The Kier molecular flexibility index (Phi) is 8.26. The molecule has 0 saturated carbocycles. The molecule has 29 heavy (non-hydrogen) atoms. The highest BCUT2D eigenvalue weighted by Gasteiger charge is 2.15. The van der Waals surface area contributed by atoms with E-state index >= 15 is 0 Å². The molecule has 1 aromatic heterocycles. The molecule has 0 atom stereocenters. The third-order valence-corrected chi connectivity index (χ3v) is 3.73. The summed E-state index contributed by atoms with van der Waals surface area (Å²) in [6.07, 6.45) is 0.284. The molecule has 2 aromatic rings. The van der Waals surface area contributed by atoms with Crippen LogP contribution in [-0.4, -0.2) is 47.9 Å². The van der Waals surface area contributed by atoms with Crippen LogP contribution in [0.1, 0.15) is 33.1 Å². The molecule has 0 aliphatic carbocycles. The molecule has 10 heteroatoms. The van der Waals surface area contributed by atoms with Crippen LogP contribution in [0, 0.1) is 0 Å². The molecule has 0 spiro atoms. The number of rotatable bonds is 7. The molecular formula is C19H27ClN6O3. The number of nitrogens with one attached hydrogen (secondary N) is 3. The fraction of sp³-hybridized carbons (Fsp3) is 0.474. The predicted octanol–water partition coefficient (Wildman–Crippen LogP) is 2.97. The number of amides is 1. The molecular weight excluding hydrogens is 396 g/mol. The first-order valence-electron chi connectivity index (χ1n) is 9.27. The number of hydrogen-bond acceptors (Lipinski definition) is 6. The van der Waals surface area contributed by atoms with Crippen LogP contribution in [-0.2, 0) is 11.3 Å². The summed E-state index contributed by atoms with van der Waals surface area (Å²) in [6.45, 7) is 6.91. The van der Waals surface area contributed by atoms with Crippen LogP contribution in [0.5, 0.6) is 0 Å². The van der Waals surface area contributed by atoms with E-state index in [0.29, 0.717) is 48.8 Å². The minimum absolute atomic E-state index is 0.323. The monoisotopic (exact) mass is 422 g/mol. The second-order valence-corrected chi connectivity index (χ2v) is 7.59. The first-order valence-corrected chi connectivity index (χ1v) is 9.64. The van der Waals surface area contributed by atoms with Crippen molar-refractivity contribution in [2.75, 3.05) is 20.1 Å². The Morgan fingerprint density at radius 3 is 2.69 bits per heavy atom. The van der Waals surface area contributed by atoms with Crippen molar-refractivity contribution in [1.82, 2.24) is 26.1 Å². The highest BCUT2D eigenvalue weighted by molar-refractivity contribution is 6.30. The lowest BCUT2D eigenvalue weighted by atomic mass is 10.2. The highest BCUT2D eigenvalue weighted by atomic mass is 35.5. The molecule has 0 aliphatic rings. The number of nitrogens with zero attached hydrogens (tertiary/aromatic N) is 3. The van der Waals surface area contributed by atoms with Crippen molar-refractivity contribution < 1.29 is 14.1 Å². The second-order valence-electron chi connectivity index (χ2n) is 7.16. The summed E-state index contributed by atoms with van der Waals surface area (Å²) in [5, 5.41) is 13.5. The standard InChI is InChI=1S/C19H27ClN6O3/c1-19(2,3)28-18(27)23-10-6-9-22-17(21-4)24-12-15-25-16(26-29-15)13-7-5-8-14(20)11-13/h5,7-8,11H,6,9-10,12H2,1-4H3,(H,23,27)(H2,21,22,24). The van der Waals surface area contributed by atoms with Gasteiger partial charge in [0.2, 0.25) is 11.7 Å². The maximum absolute atomic E-state index is 11.6. The van der Waals surface area contributed by atoms with Crippen LogP contribution < -0.4 is 16.0 Å². The minimum atomic E-state index is -0.504. The van der Waals surface area contributed by atoms with Gasteiger partial charge in [0.25, 0.3) is 0 Å². The van der Waals surface area contributed by atoms with Crippen molar-refractivity contribution in [2.24, 2.45) is 4.99 Å². The number of ether oxygens (including phenoxy) is 1. The molecule has 0 radical (unpaired) electrons. The fourth-order valence-electron chi connectivity index (χ4n) is 2.25. The third kappa shape index (κ3) is 8.39. The average Bonchev–Trinajstić information content (AvgIpc) is 3.11. The largest absolute Gasteiger partial charge is 0.444 e. The number of guanidine groups is 1. The summed E-state index contributed by atoms with van der Waals surface area (Å²) in [4.78, 5) is 20.1. The van der Waals surface area contributed by atoms with E-state index in [0.717, 1.165) is 5.56 Å². The van der Waals surface area contributed by atoms with Crippen molar-refractivity contribution in [3.63, 3.8) is 0 Å². The summed E-state index contributed by atoms with van der Waals surface area (Å²) >= 11 is 5.99. The molecule has 1 aromatic carbocycles. The lowest BCUT2D eigenvalue weighted by Gasteiger charge is -2.19. The van der Waals surface area contributed by atoms with Gasteiger partial charge in [-0.05, 0) is 39.3 Å². The van der Waals surface area contributed by atoms with Crippen LogP contribution in [0.15, 0.2) is 33.8 Å². The molecule has 3 N–H and O–H groups in total. The van der Waals surface area contributed by atoms with E-state index in [1.807, 2.05) is 32.9 Å². The second kappa shape index (κ2) is 10.7. The number of carbonyl (C=O) groups excluding carboxylic acids is 1. The van der Waals surface area contributed by atoms with Gasteiger partial charge in [-0.1, -0.05) is 28.9 Å². The van der Waals surface area contributed by atoms with E-state index in [-0.39, 0.29) is 0 Å². The van der Waals surface area contributed by atoms with Gasteiger partial charge in [0.1, 0.15) is 5.60 Å². The van der Waals surface area contributed by atoms with E-state index < -0.39 is 11.7 Å². The van der Waals surface area contributed by atoms with Crippen molar-refractivity contribution in [1.29, 1.82) is 0 Å². The number of alkyl carbamates (subject to hydrolysis) is 1. The number of carbonyl (C=O) groups is 1. The maximum atomic E-state index is 11.6. The van der Waals surface area contributed by atoms with Gasteiger partial charge in [0.05, 0.1) is 6.54 Å². The summed E-state index contributed by atoms with van der Waals surface area (Å²) in [7, 11) is 1.67. The molecule has 0 unspecified atom stereocenters. The number of hydrogen-bond donors (Lipinski definition) is 3. The van der Waals surface area contributed by atoms with Gasteiger partial charge in [-0.2, -0.15) is 4.98 Å². The fourth-order valence-corrected chi connectivity index (χ4v) is 2.44. The van der Waals surface area contributed by atoms with Gasteiger partial charge in [-0.15, -0.1) is 0 Å². The Morgan fingerprint density at radius 2 is 2.00 bits per heavy atom. The van der Waals surface area contributed by atoms with Gasteiger partial charge in [0.15, 0.2) is 5.96 Å². The van der Waals surface area contributed by atoms with Crippen molar-refractivity contribution >= 4 is 23.7 Å². The zero-order valence-electron chi connectivity index (χ0n) is 17.1. The Labute approximate surface area is 175 Å². The first-order chi connectivity index (χ1) is 13.8. The lowest BCUT2D eigenvalue weighted by Crippen LogP contribution is -2.39. The molecule has 0 aliphatic heterocycles. The SMILES string of the molecule is CN=C(NCCCNC(=O)OC(C)(C)C)NCc1nc(-c2cccc(Cl)c2)no1. The van der Waals surface area contributed by atoms with Crippen LogP contribution in [0.2, 0.25) is 5.02 Å². The Balaban J connectivity index is 1.70. The number of aliphatic imine (C=N–C) groups is 1. The summed E-state index contributed by atoms with van der Waals surface area (Å²) in [5.41, 5.74) is 0.280.